The fourth-order valence-corrected chi connectivity index (χ4v) is 3.55. The minimum Gasteiger partial charge on any atom is -0.496 e. The molecule has 0 amide bonds. The second-order valence-electron chi connectivity index (χ2n) is 5.93. The van der Waals surface area contributed by atoms with E-state index in [0.717, 1.165) is 28.2 Å². The number of benzene rings is 2. The molecule has 138 valence electrons. The van der Waals surface area contributed by atoms with E-state index < -0.39 is 0 Å². The first-order valence-electron chi connectivity index (χ1n) is 8.40. The Labute approximate surface area is 167 Å². The molecule has 0 saturated carbocycles. The maximum absolute atomic E-state index is 12.2. The van der Waals surface area contributed by atoms with Crippen molar-refractivity contribution in [3.05, 3.63) is 86.6 Å². The van der Waals surface area contributed by atoms with Gasteiger partial charge in [-0.2, -0.15) is 0 Å². The Bertz CT molecular complexity index is 975. The van der Waals surface area contributed by atoms with Crippen LogP contribution in [-0.2, 0) is 6.61 Å². The highest BCUT2D eigenvalue weighted by atomic mass is 35.5. The van der Waals surface area contributed by atoms with Crippen molar-refractivity contribution in [3.63, 3.8) is 0 Å². The molecule has 0 bridgehead atoms. The van der Waals surface area contributed by atoms with E-state index in [4.69, 9.17) is 21.1 Å². The highest BCUT2D eigenvalue weighted by molar-refractivity contribution is 7.18. The van der Waals surface area contributed by atoms with Gasteiger partial charge in [0.2, 0.25) is 0 Å². The topological polar surface area (TPSA) is 35.5 Å². The minimum atomic E-state index is -0.0690. The summed E-state index contributed by atoms with van der Waals surface area (Å²) < 4.78 is 12.0. The van der Waals surface area contributed by atoms with Crippen LogP contribution in [0.1, 0.15) is 26.4 Å². The molecule has 0 radical (unpaired) electrons. The smallest absolute Gasteiger partial charge is 0.195 e. The van der Waals surface area contributed by atoms with Gasteiger partial charge in [-0.05, 0) is 54.5 Å². The Kier molecular flexibility index (Phi) is 6.32. The van der Waals surface area contributed by atoms with Gasteiger partial charge in [0.1, 0.15) is 18.1 Å². The molecule has 0 aliphatic carbocycles. The summed E-state index contributed by atoms with van der Waals surface area (Å²) in [6.07, 6.45) is 3.34. The van der Waals surface area contributed by atoms with Crippen molar-refractivity contribution in [1.82, 2.24) is 0 Å². The second-order valence-corrected chi connectivity index (χ2v) is 7.64. The van der Waals surface area contributed by atoms with Gasteiger partial charge in [0, 0.05) is 5.56 Å². The van der Waals surface area contributed by atoms with Gasteiger partial charge in [0.15, 0.2) is 5.78 Å². The number of halogens is 1. The van der Waals surface area contributed by atoms with Gasteiger partial charge < -0.3 is 9.47 Å². The lowest BCUT2D eigenvalue weighted by Crippen LogP contribution is -2.00. The third-order valence-corrected chi connectivity index (χ3v) is 5.27. The molecule has 3 nitrogen and oxygen atoms in total. The Hall–Kier alpha value is -2.56. The fourth-order valence-electron chi connectivity index (χ4n) is 2.59. The molecular weight excluding hydrogens is 380 g/mol. The zero-order valence-corrected chi connectivity index (χ0v) is 16.6. The maximum Gasteiger partial charge on any atom is 0.195 e. The maximum atomic E-state index is 12.2. The summed E-state index contributed by atoms with van der Waals surface area (Å²) in [7, 11) is 1.63. The van der Waals surface area contributed by atoms with Crippen LogP contribution in [0.5, 0.6) is 11.5 Å². The van der Waals surface area contributed by atoms with Crippen molar-refractivity contribution in [3.8, 4) is 11.5 Å². The number of rotatable bonds is 7. The van der Waals surface area contributed by atoms with Crippen LogP contribution >= 0.6 is 22.9 Å². The SMILES string of the molecule is COc1ccc(/C=C/C(=O)c2ccc(Cl)s2)cc1COc1ccccc1C. The van der Waals surface area contributed by atoms with Crippen LogP contribution in [0.15, 0.2) is 60.7 Å². The zero-order chi connectivity index (χ0) is 19.2. The quantitative estimate of drug-likeness (QED) is 0.351. The number of thiophene rings is 1. The van der Waals surface area contributed by atoms with E-state index in [1.807, 2.05) is 49.4 Å². The highest BCUT2D eigenvalue weighted by Crippen LogP contribution is 2.25. The van der Waals surface area contributed by atoms with Gasteiger partial charge in [0.05, 0.1) is 16.3 Å². The van der Waals surface area contributed by atoms with E-state index in [1.54, 1.807) is 31.4 Å². The Balaban J connectivity index is 1.75. The molecule has 5 heteroatoms. The molecule has 2 aromatic carbocycles. The van der Waals surface area contributed by atoms with Gasteiger partial charge in [-0.1, -0.05) is 41.9 Å². The number of ketones is 1. The predicted octanol–water partition coefficient (Wildman–Crippen LogP) is 6.19. The van der Waals surface area contributed by atoms with Crippen LogP contribution < -0.4 is 9.47 Å². The van der Waals surface area contributed by atoms with Gasteiger partial charge >= 0.3 is 0 Å². The number of carbonyl (C=O) groups excluding carboxylic acids is 1. The molecule has 0 atom stereocenters. The van der Waals surface area contributed by atoms with Gasteiger partial charge in [-0.3, -0.25) is 4.79 Å². The first-order valence-corrected chi connectivity index (χ1v) is 9.59. The number of aryl methyl sites for hydroxylation is 1. The molecule has 0 spiro atoms. The summed E-state index contributed by atoms with van der Waals surface area (Å²) in [6.45, 7) is 2.39. The van der Waals surface area contributed by atoms with Crippen LogP contribution in [0, 0.1) is 6.92 Å². The van der Waals surface area contributed by atoms with Crippen molar-refractivity contribution in [2.24, 2.45) is 0 Å². The van der Waals surface area contributed by atoms with E-state index in [-0.39, 0.29) is 5.78 Å². The standard InChI is InChI=1S/C22H19ClO3S/c1-15-5-3-4-6-19(15)26-14-17-13-16(8-10-20(17)25-2)7-9-18(24)21-11-12-22(23)27-21/h3-13H,14H2,1-2H3/b9-7+. The summed E-state index contributed by atoms with van der Waals surface area (Å²) in [5.41, 5.74) is 2.89. The fraction of sp³-hybridized carbons (Fsp3) is 0.136. The molecular formula is C22H19ClO3S. The van der Waals surface area contributed by atoms with Crippen molar-refractivity contribution < 1.29 is 14.3 Å². The molecule has 0 aliphatic rings. The van der Waals surface area contributed by atoms with Crippen molar-refractivity contribution in [2.75, 3.05) is 7.11 Å². The number of para-hydroxylation sites is 1. The van der Waals surface area contributed by atoms with Crippen LogP contribution in [0.2, 0.25) is 4.34 Å². The first kappa shape index (κ1) is 19.2. The third kappa shape index (κ3) is 5.00. The normalized spacial score (nSPS) is 10.9. The Morgan fingerprint density at radius 3 is 2.63 bits per heavy atom. The number of ether oxygens (including phenoxy) is 2. The summed E-state index contributed by atoms with van der Waals surface area (Å²) in [4.78, 5) is 12.8. The molecule has 0 unspecified atom stereocenters. The summed E-state index contributed by atoms with van der Waals surface area (Å²) in [6, 6.07) is 17.1. The van der Waals surface area contributed by atoms with Crippen LogP contribution in [-0.4, -0.2) is 12.9 Å². The lowest BCUT2D eigenvalue weighted by molar-refractivity contribution is 0.105. The van der Waals surface area contributed by atoms with Crippen molar-refractivity contribution in [2.45, 2.75) is 13.5 Å². The number of hydrogen-bond acceptors (Lipinski definition) is 4. The van der Waals surface area contributed by atoms with E-state index in [2.05, 4.69) is 0 Å². The average molecular weight is 399 g/mol. The van der Waals surface area contributed by atoms with Crippen molar-refractivity contribution in [1.29, 1.82) is 0 Å². The largest absolute Gasteiger partial charge is 0.496 e. The van der Waals surface area contributed by atoms with Gasteiger partial charge in [-0.15, -0.1) is 11.3 Å². The molecule has 1 heterocycles. The molecule has 0 aliphatic heterocycles. The summed E-state index contributed by atoms with van der Waals surface area (Å²) >= 11 is 7.16. The van der Waals surface area contributed by atoms with Crippen LogP contribution in [0.25, 0.3) is 6.08 Å². The minimum absolute atomic E-state index is 0.0690. The van der Waals surface area contributed by atoms with Crippen molar-refractivity contribution >= 4 is 34.8 Å². The number of hydrogen-bond donors (Lipinski definition) is 0. The highest BCUT2D eigenvalue weighted by Gasteiger charge is 2.08. The Morgan fingerprint density at radius 1 is 1.11 bits per heavy atom. The monoisotopic (exact) mass is 398 g/mol. The molecule has 27 heavy (non-hydrogen) atoms. The predicted molar refractivity (Wildman–Crippen MR) is 111 cm³/mol. The van der Waals surface area contributed by atoms with E-state index >= 15 is 0 Å². The first-order chi connectivity index (χ1) is 13.1. The van der Waals surface area contributed by atoms with E-state index in [0.29, 0.717) is 15.8 Å². The molecule has 3 aromatic rings. The summed E-state index contributed by atoms with van der Waals surface area (Å²) in [5, 5.41) is 0. The second kappa shape index (κ2) is 8.89. The molecule has 3 rings (SSSR count). The molecule has 0 saturated heterocycles. The number of allylic oxidation sites excluding steroid dienone is 1. The lowest BCUT2D eigenvalue weighted by Gasteiger charge is -2.12. The number of methoxy groups -OCH3 is 1. The lowest BCUT2D eigenvalue weighted by atomic mass is 10.1. The molecule has 0 fully saturated rings. The van der Waals surface area contributed by atoms with Gasteiger partial charge in [-0.25, -0.2) is 0 Å². The molecule has 0 N–H and O–H groups in total. The van der Waals surface area contributed by atoms with Crippen LogP contribution in [0.3, 0.4) is 0 Å². The average Bonchev–Trinajstić information content (AvgIpc) is 3.12. The number of carbonyl (C=O) groups is 1. The van der Waals surface area contributed by atoms with E-state index in [1.165, 1.54) is 11.3 Å². The zero-order valence-electron chi connectivity index (χ0n) is 15.1. The van der Waals surface area contributed by atoms with Crippen LogP contribution in [0.4, 0.5) is 0 Å². The molecule has 1 aromatic heterocycles. The van der Waals surface area contributed by atoms with E-state index in [9.17, 15) is 4.79 Å². The Morgan fingerprint density at radius 2 is 1.93 bits per heavy atom. The third-order valence-electron chi connectivity index (χ3n) is 4.02. The van der Waals surface area contributed by atoms with Gasteiger partial charge in [0.25, 0.3) is 0 Å². The summed E-state index contributed by atoms with van der Waals surface area (Å²) in [5.74, 6) is 1.52.